The maximum atomic E-state index is 13.8. The van der Waals surface area contributed by atoms with Gasteiger partial charge >= 0.3 is 29.8 Å². The number of hydrogen-bond donors (Lipinski definition) is 0. The summed E-state index contributed by atoms with van der Waals surface area (Å²) in [5, 5.41) is 0. The van der Waals surface area contributed by atoms with E-state index >= 15 is 0 Å². The lowest BCUT2D eigenvalue weighted by atomic mass is 9.97. The molecule has 1 saturated heterocycles. The molecule has 1 fully saturated rings. The van der Waals surface area contributed by atoms with E-state index < -0.39 is 67.2 Å². The molecular formula is C42H35NO12. The maximum absolute atomic E-state index is 13.8. The van der Waals surface area contributed by atoms with Crippen molar-refractivity contribution in [2.75, 3.05) is 13.7 Å². The van der Waals surface area contributed by atoms with Crippen molar-refractivity contribution in [3.05, 3.63) is 173 Å². The van der Waals surface area contributed by atoms with Crippen molar-refractivity contribution in [2.24, 2.45) is 0 Å². The van der Waals surface area contributed by atoms with Crippen LogP contribution in [0.4, 0.5) is 0 Å². The molecule has 4 aromatic carbocycles. The van der Waals surface area contributed by atoms with Crippen LogP contribution in [0, 0.1) is 0 Å². The highest BCUT2D eigenvalue weighted by atomic mass is 16.7. The molecule has 0 spiro atoms. The smallest absolute Gasteiger partial charge is 0.356 e. The van der Waals surface area contributed by atoms with E-state index in [-0.39, 0.29) is 40.2 Å². The van der Waals surface area contributed by atoms with Gasteiger partial charge < -0.3 is 33.2 Å². The molecule has 0 amide bonds. The van der Waals surface area contributed by atoms with E-state index in [2.05, 4.69) is 4.98 Å². The summed E-state index contributed by atoms with van der Waals surface area (Å²) < 4.78 is 41.1. The van der Waals surface area contributed by atoms with Crippen molar-refractivity contribution in [3.8, 4) is 0 Å². The van der Waals surface area contributed by atoms with Gasteiger partial charge in [0.05, 0.1) is 41.7 Å². The zero-order valence-corrected chi connectivity index (χ0v) is 29.4. The average Bonchev–Trinajstić information content (AvgIpc) is 3.24. The van der Waals surface area contributed by atoms with E-state index in [9.17, 15) is 24.0 Å². The third-order valence-corrected chi connectivity index (χ3v) is 8.33. The molecule has 0 aliphatic carbocycles. The minimum absolute atomic E-state index is 0.00785. The highest BCUT2D eigenvalue weighted by molar-refractivity contribution is 5.91. The number of hydrogen-bond acceptors (Lipinski definition) is 13. The Labute approximate surface area is 315 Å². The summed E-state index contributed by atoms with van der Waals surface area (Å²) in [4.78, 5) is 70.7. The Balaban J connectivity index is 1.40. The minimum Gasteiger partial charge on any atom is -0.464 e. The fourth-order valence-electron chi connectivity index (χ4n) is 5.61. The second kappa shape index (κ2) is 18.4. The van der Waals surface area contributed by atoms with Crippen LogP contribution in [-0.4, -0.2) is 79.3 Å². The predicted octanol–water partition coefficient (Wildman–Crippen LogP) is 5.64. The quantitative estimate of drug-likeness (QED) is 0.108. The SMILES string of the molecule is COC(=O)c1cccc(CO[C@@H]2O[C@H](COC(=O)c3ccccc3)[C@@H](OC(=O)c3ccccc3)[C@H](OC(=O)c3ccccc3)[C@H]2OC(=O)c2ccccc2)n1. The number of methoxy groups -OCH3 is 1. The number of nitrogens with zero attached hydrogens (tertiary/aromatic N) is 1. The summed E-state index contributed by atoms with van der Waals surface area (Å²) in [7, 11) is 1.22. The van der Waals surface area contributed by atoms with Gasteiger partial charge in [0.15, 0.2) is 24.6 Å². The van der Waals surface area contributed by atoms with Crippen LogP contribution in [0.2, 0.25) is 0 Å². The van der Waals surface area contributed by atoms with E-state index in [1.54, 1.807) is 97.1 Å². The van der Waals surface area contributed by atoms with E-state index in [4.69, 9.17) is 33.2 Å². The fourth-order valence-corrected chi connectivity index (χ4v) is 5.61. The number of ether oxygens (including phenoxy) is 7. The number of benzene rings is 4. The molecule has 0 bridgehead atoms. The molecule has 13 nitrogen and oxygen atoms in total. The van der Waals surface area contributed by atoms with Gasteiger partial charge in [0.2, 0.25) is 0 Å². The molecule has 1 aliphatic heterocycles. The van der Waals surface area contributed by atoms with Crippen LogP contribution in [0.1, 0.15) is 57.6 Å². The van der Waals surface area contributed by atoms with Gasteiger partial charge in [0.1, 0.15) is 18.4 Å². The number of esters is 5. The lowest BCUT2D eigenvalue weighted by Gasteiger charge is -2.44. The number of rotatable bonds is 13. The monoisotopic (exact) mass is 745 g/mol. The van der Waals surface area contributed by atoms with Crippen molar-refractivity contribution < 1.29 is 57.1 Å². The van der Waals surface area contributed by atoms with E-state index in [0.29, 0.717) is 0 Å². The zero-order chi connectivity index (χ0) is 38.6. The van der Waals surface area contributed by atoms with Crippen molar-refractivity contribution in [1.82, 2.24) is 4.98 Å². The Kier molecular flexibility index (Phi) is 12.7. The Hall–Kier alpha value is -6.70. The Morgan fingerprint density at radius 1 is 0.527 bits per heavy atom. The van der Waals surface area contributed by atoms with Crippen molar-refractivity contribution >= 4 is 29.8 Å². The molecule has 2 heterocycles. The second-order valence-electron chi connectivity index (χ2n) is 12.0. The molecule has 0 N–H and O–H groups in total. The van der Waals surface area contributed by atoms with Gasteiger partial charge in [-0.05, 0) is 60.7 Å². The molecule has 0 unspecified atom stereocenters. The molecular weight excluding hydrogens is 710 g/mol. The maximum Gasteiger partial charge on any atom is 0.356 e. The third-order valence-electron chi connectivity index (χ3n) is 8.33. The molecule has 5 aromatic rings. The number of carbonyl (C=O) groups excluding carboxylic acids is 5. The van der Waals surface area contributed by atoms with Gasteiger partial charge in [-0.1, -0.05) is 78.9 Å². The summed E-state index contributed by atoms with van der Waals surface area (Å²) >= 11 is 0. The largest absolute Gasteiger partial charge is 0.464 e. The van der Waals surface area contributed by atoms with Gasteiger partial charge in [-0.25, -0.2) is 29.0 Å². The summed E-state index contributed by atoms with van der Waals surface area (Å²) in [6.45, 7) is -0.825. The standard InChI is InChI=1S/C42H35NO12/c1-49-41(48)32-24-14-23-31(43-32)25-51-42-36(55-40(47)30-21-12-5-13-22-30)35(54-39(46)29-19-10-4-11-20-29)34(53-38(45)28-17-8-3-9-18-28)33(52-42)26-50-37(44)27-15-6-2-7-16-27/h2-24,33-36,42H,25-26H2,1H3/t33-,34-,35+,36-,42-/m1/s1. The van der Waals surface area contributed by atoms with Crippen LogP contribution in [0.15, 0.2) is 140 Å². The molecule has 1 aliphatic rings. The summed E-state index contributed by atoms with van der Waals surface area (Å²) in [5.74, 6) is -3.90. The van der Waals surface area contributed by atoms with Crippen LogP contribution in [0.3, 0.4) is 0 Å². The van der Waals surface area contributed by atoms with Crippen molar-refractivity contribution in [3.63, 3.8) is 0 Å². The van der Waals surface area contributed by atoms with Crippen LogP contribution >= 0.6 is 0 Å². The van der Waals surface area contributed by atoms with Gasteiger partial charge in [-0.2, -0.15) is 0 Å². The second-order valence-corrected chi connectivity index (χ2v) is 12.0. The fraction of sp³-hybridized carbons (Fsp3) is 0.190. The lowest BCUT2D eigenvalue weighted by Crippen LogP contribution is -2.63. The third kappa shape index (κ3) is 9.84. The number of carbonyl (C=O) groups is 5. The van der Waals surface area contributed by atoms with E-state index in [0.717, 1.165) is 0 Å². The van der Waals surface area contributed by atoms with Gasteiger partial charge in [-0.3, -0.25) is 0 Å². The van der Waals surface area contributed by atoms with Crippen LogP contribution in [0.25, 0.3) is 0 Å². The molecule has 0 radical (unpaired) electrons. The number of aromatic nitrogens is 1. The van der Waals surface area contributed by atoms with E-state index in [1.165, 1.54) is 49.6 Å². The number of pyridine rings is 1. The zero-order valence-electron chi connectivity index (χ0n) is 29.4. The van der Waals surface area contributed by atoms with E-state index in [1.807, 2.05) is 0 Å². The van der Waals surface area contributed by atoms with Crippen molar-refractivity contribution in [2.45, 2.75) is 37.3 Å². The molecule has 6 rings (SSSR count). The molecule has 0 saturated carbocycles. The molecule has 1 aromatic heterocycles. The summed E-state index contributed by atoms with van der Waals surface area (Å²) in [5.41, 5.74) is 0.962. The van der Waals surface area contributed by atoms with Crippen LogP contribution < -0.4 is 0 Å². The first kappa shape index (κ1) is 38.0. The van der Waals surface area contributed by atoms with Gasteiger partial charge in [0.25, 0.3) is 0 Å². The predicted molar refractivity (Wildman–Crippen MR) is 193 cm³/mol. The highest BCUT2D eigenvalue weighted by Gasteiger charge is 2.53. The average molecular weight is 746 g/mol. The van der Waals surface area contributed by atoms with Crippen LogP contribution in [-0.2, 0) is 39.8 Å². The Morgan fingerprint density at radius 3 is 1.47 bits per heavy atom. The topological polar surface area (TPSA) is 163 Å². The lowest BCUT2D eigenvalue weighted by molar-refractivity contribution is -0.301. The van der Waals surface area contributed by atoms with Gasteiger partial charge in [-0.15, -0.1) is 0 Å². The first-order valence-electron chi connectivity index (χ1n) is 17.1. The van der Waals surface area contributed by atoms with Gasteiger partial charge in [0, 0.05) is 0 Å². The molecule has 55 heavy (non-hydrogen) atoms. The highest BCUT2D eigenvalue weighted by Crippen LogP contribution is 2.32. The molecule has 280 valence electrons. The summed E-state index contributed by atoms with van der Waals surface area (Å²) in [6, 6.07) is 36.9. The minimum atomic E-state index is -1.60. The first-order chi connectivity index (χ1) is 26.8. The Bertz CT molecular complexity index is 2080. The summed E-state index contributed by atoms with van der Waals surface area (Å²) in [6.07, 6.45) is -7.60. The molecule has 13 heteroatoms. The molecule has 5 atom stereocenters. The first-order valence-corrected chi connectivity index (χ1v) is 17.1. The van der Waals surface area contributed by atoms with Crippen molar-refractivity contribution in [1.29, 1.82) is 0 Å². The van der Waals surface area contributed by atoms with Crippen LogP contribution in [0.5, 0.6) is 0 Å². The Morgan fingerprint density at radius 2 is 0.982 bits per heavy atom. The normalized spacial score (nSPS) is 19.0.